The minimum atomic E-state index is -0.487. The van der Waals surface area contributed by atoms with E-state index < -0.39 is 4.92 Å². The molecule has 0 spiro atoms. The Balaban J connectivity index is 1.48. The number of carbonyl (C=O) groups is 2. The molecule has 1 heterocycles. The van der Waals surface area contributed by atoms with Gasteiger partial charge in [-0.2, -0.15) is 0 Å². The van der Waals surface area contributed by atoms with Gasteiger partial charge in [0.1, 0.15) is 0 Å². The number of hydrogen-bond donors (Lipinski definition) is 0. The summed E-state index contributed by atoms with van der Waals surface area (Å²) in [6, 6.07) is 5.66. The van der Waals surface area contributed by atoms with Gasteiger partial charge in [0.05, 0.1) is 22.4 Å². The SMILES string of the molecule is O=C1[C@@H]2[C@@H](C(=O)N1c1ccc([N+](=O)[O-])cc1)[C@H]1C=C[C@H]2C1=C1CCCCC1. The lowest BCUT2D eigenvalue weighted by Gasteiger charge is -2.23. The van der Waals surface area contributed by atoms with E-state index in [-0.39, 0.29) is 41.2 Å². The third kappa shape index (κ3) is 2.25. The topological polar surface area (TPSA) is 80.5 Å². The van der Waals surface area contributed by atoms with E-state index in [1.165, 1.54) is 59.6 Å². The van der Waals surface area contributed by atoms with E-state index in [9.17, 15) is 19.7 Å². The van der Waals surface area contributed by atoms with Gasteiger partial charge in [-0.3, -0.25) is 19.7 Å². The molecule has 5 rings (SSSR count). The second-order valence-corrected chi connectivity index (χ2v) is 7.89. The molecule has 1 saturated heterocycles. The van der Waals surface area contributed by atoms with Crippen molar-refractivity contribution in [1.29, 1.82) is 0 Å². The molecule has 1 aromatic rings. The van der Waals surface area contributed by atoms with Gasteiger partial charge in [0.25, 0.3) is 5.69 Å². The summed E-state index contributed by atoms with van der Waals surface area (Å²) in [5.41, 5.74) is 3.19. The number of fused-ring (bicyclic) bond motifs is 5. The van der Waals surface area contributed by atoms with E-state index in [0.717, 1.165) is 12.8 Å². The summed E-state index contributed by atoms with van der Waals surface area (Å²) in [7, 11) is 0. The van der Waals surface area contributed by atoms with E-state index in [2.05, 4.69) is 12.2 Å². The molecule has 2 amide bonds. The van der Waals surface area contributed by atoms with Crippen molar-refractivity contribution in [1.82, 2.24) is 0 Å². The summed E-state index contributed by atoms with van der Waals surface area (Å²) in [4.78, 5) is 37.9. The molecule has 0 radical (unpaired) electrons. The van der Waals surface area contributed by atoms with Crippen molar-refractivity contribution in [2.45, 2.75) is 32.1 Å². The fourth-order valence-electron chi connectivity index (χ4n) is 5.48. The number of nitro groups is 1. The van der Waals surface area contributed by atoms with Gasteiger partial charge in [0, 0.05) is 24.0 Å². The predicted octanol–water partition coefficient (Wildman–Crippen LogP) is 3.78. The predicted molar refractivity (Wildman–Crippen MR) is 98.8 cm³/mol. The number of rotatable bonds is 2. The van der Waals surface area contributed by atoms with Crippen molar-refractivity contribution in [3.05, 3.63) is 57.7 Å². The summed E-state index contributed by atoms with van der Waals surface area (Å²) in [6.07, 6.45) is 10.1. The van der Waals surface area contributed by atoms with E-state index in [1.54, 1.807) is 0 Å². The number of carbonyl (C=O) groups excluding carboxylic acids is 2. The molecule has 6 heteroatoms. The van der Waals surface area contributed by atoms with Crippen LogP contribution in [0.3, 0.4) is 0 Å². The highest BCUT2D eigenvalue weighted by molar-refractivity contribution is 6.23. The largest absolute Gasteiger partial charge is 0.274 e. The first-order valence-corrected chi connectivity index (χ1v) is 9.60. The van der Waals surface area contributed by atoms with Crippen LogP contribution in [0, 0.1) is 33.8 Å². The molecular weight excluding hydrogens is 344 g/mol. The van der Waals surface area contributed by atoms with E-state index in [4.69, 9.17) is 0 Å². The molecule has 2 saturated carbocycles. The van der Waals surface area contributed by atoms with Crippen molar-refractivity contribution < 1.29 is 14.5 Å². The number of hydrogen-bond acceptors (Lipinski definition) is 4. The Morgan fingerprint density at radius 2 is 1.44 bits per heavy atom. The number of nitro benzene ring substituents is 1. The number of nitrogens with zero attached hydrogens (tertiary/aromatic N) is 2. The van der Waals surface area contributed by atoms with Crippen LogP contribution >= 0.6 is 0 Å². The maximum atomic E-state index is 13.1. The third-order valence-corrected chi connectivity index (χ3v) is 6.60. The fraction of sp³-hybridized carbons (Fsp3) is 0.429. The van der Waals surface area contributed by atoms with E-state index >= 15 is 0 Å². The molecule has 138 valence electrons. The van der Waals surface area contributed by atoms with E-state index in [0.29, 0.717) is 5.69 Å². The standard InChI is InChI=1S/C21H20N2O4/c24-20-18-15-10-11-16(17(15)12-4-2-1-3-5-12)19(18)21(25)22(20)13-6-8-14(9-7-13)23(26)27/h6-11,15-16,18-19H,1-5H2/t15-,16-,18-,19-/m0/s1. The lowest BCUT2D eigenvalue weighted by molar-refractivity contribution is -0.384. The van der Waals surface area contributed by atoms with Crippen molar-refractivity contribution in [2.24, 2.45) is 23.7 Å². The molecule has 0 N–H and O–H groups in total. The summed E-state index contributed by atoms with van der Waals surface area (Å²) in [6.45, 7) is 0. The van der Waals surface area contributed by atoms with Crippen LogP contribution in [0.15, 0.2) is 47.6 Å². The van der Waals surface area contributed by atoms with E-state index in [1.807, 2.05) is 0 Å². The van der Waals surface area contributed by atoms with Crippen LogP contribution in [-0.4, -0.2) is 16.7 Å². The van der Waals surface area contributed by atoms with Gasteiger partial charge in [-0.1, -0.05) is 29.7 Å². The number of imide groups is 1. The highest BCUT2D eigenvalue weighted by Gasteiger charge is 2.62. The molecule has 1 aliphatic heterocycles. The first-order chi connectivity index (χ1) is 13.1. The van der Waals surface area contributed by atoms with Gasteiger partial charge in [0.2, 0.25) is 11.8 Å². The average Bonchev–Trinajstić information content (AvgIpc) is 3.32. The molecule has 0 unspecified atom stereocenters. The number of amides is 2. The highest BCUT2D eigenvalue weighted by atomic mass is 16.6. The van der Waals surface area contributed by atoms with Gasteiger partial charge in [-0.05, 0) is 37.8 Å². The maximum Gasteiger partial charge on any atom is 0.269 e. The van der Waals surface area contributed by atoms with Crippen LogP contribution in [0.4, 0.5) is 11.4 Å². The number of allylic oxidation sites excluding steroid dienone is 4. The van der Waals surface area contributed by atoms with Gasteiger partial charge in [0.15, 0.2) is 0 Å². The molecular formula is C21H20N2O4. The summed E-state index contributed by atoms with van der Waals surface area (Å²) in [5, 5.41) is 10.8. The first kappa shape index (κ1) is 16.4. The molecule has 2 bridgehead atoms. The molecule has 27 heavy (non-hydrogen) atoms. The molecule has 0 aromatic heterocycles. The van der Waals surface area contributed by atoms with Crippen LogP contribution in [0.5, 0.6) is 0 Å². The number of non-ortho nitro benzene ring substituents is 1. The van der Waals surface area contributed by atoms with Gasteiger partial charge in [-0.15, -0.1) is 0 Å². The molecule has 1 aromatic carbocycles. The van der Waals surface area contributed by atoms with Crippen molar-refractivity contribution >= 4 is 23.2 Å². The van der Waals surface area contributed by atoms with Crippen LogP contribution in [0.1, 0.15) is 32.1 Å². The van der Waals surface area contributed by atoms with Crippen LogP contribution < -0.4 is 4.90 Å². The maximum absolute atomic E-state index is 13.1. The Hall–Kier alpha value is -2.76. The van der Waals surface area contributed by atoms with Gasteiger partial charge < -0.3 is 0 Å². The molecule has 6 nitrogen and oxygen atoms in total. The first-order valence-electron chi connectivity index (χ1n) is 9.60. The Morgan fingerprint density at radius 1 is 0.889 bits per heavy atom. The summed E-state index contributed by atoms with van der Waals surface area (Å²) >= 11 is 0. The molecule has 3 fully saturated rings. The van der Waals surface area contributed by atoms with Crippen LogP contribution in [0.2, 0.25) is 0 Å². The Kier molecular flexibility index (Phi) is 3.57. The summed E-state index contributed by atoms with van der Waals surface area (Å²) < 4.78 is 0. The van der Waals surface area contributed by atoms with Crippen LogP contribution in [-0.2, 0) is 9.59 Å². The highest BCUT2D eigenvalue weighted by Crippen LogP contribution is 2.58. The molecule has 3 aliphatic carbocycles. The Morgan fingerprint density at radius 3 is 1.96 bits per heavy atom. The normalized spacial score (nSPS) is 31.8. The summed E-state index contributed by atoms with van der Waals surface area (Å²) in [5.74, 6) is -0.853. The average molecular weight is 364 g/mol. The second-order valence-electron chi connectivity index (χ2n) is 7.89. The zero-order valence-electron chi connectivity index (χ0n) is 14.8. The quantitative estimate of drug-likeness (QED) is 0.346. The minimum absolute atomic E-state index is 0.0487. The second kappa shape index (κ2) is 5.87. The van der Waals surface area contributed by atoms with Crippen molar-refractivity contribution in [3.8, 4) is 0 Å². The van der Waals surface area contributed by atoms with Gasteiger partial charge >= 0.3 is 0 Å². The number of benzene rings is 1. The Bertz CT molecular complexity index is 873. The van der Waals surface area contributed by atoms with Crippen LogP contribution in [0.25, 0.3) is 0 Å². The lowest BCUT2D eigenvalue weighted by Crippen LogP contribution is -2.33. The molecule has 4 atom stereocenters. The smallest absolute Gasteiger partial charge is 0.269 e. The van der Waals surface area contributed by atoms with Crippen molar-refractivity contribution in [3.63, 3.8) is 0 Å². The monoisotopic (exact) mass is 364 g/mol. The zero-order valence-corrected chi connectivity index (χ0v) is 14.8. The lowest BCUT2D eigenvalue weighted by atomic mass is 9.85. The van der Waals surface area contributed by atoms with Gasteiger partial charge in [-0.25, -0.2) is 4.90 Å². The molecule has 4 aliphatic rings. The zero-order chi connectivity index (χ0) is 18.7. The van der Waals surface area contributed by atoms with Crippen molar-refractivity contribution in [2.75, 3.05) is 4.90 Å². The Labute approximate surface area is 156 Å². The number of anilines is 1. The fourth-order valence-corrected chi connectivity index (χ4v) is 5.48. The third-order valence-electron chi connectivity index (χ3n) is 6.60. The minimum Gasteiger partial charge on any atom is -0.274 e.